The number of halogens is 1. The number of allylic oxidation sites excluding steroid dienone is 1. The van der Waals surface area contributed by atoms with Crippen molar-refractivity contribution in [1.29, 1.82) is 0 Å². The minimum Gasteiger partial charge on any atom is -0.496 e. The SMILES string of the molecule is CC1=C(I)SCCO1. The maximum Gasteiger partial charge on any atom is 0.113 e. The molecule has 0 fully saturated rings. The first-order valence-electron chi connectivity index (χ1n) is 2.42. The first kappa shape index (κ1) is 6.74. The summed E-state index contributed by atoms with van der Waals surface area (Å²) in [6.45, 7) is 2.89. The molecule has 0 bridgehead atoms. The predicted molar refractivity (Wildman–Crippen MR) is 45.1 cm³/mol. The third-order valence-corrected chi connectivity index (χ3v) is 3.51. The largest absolute Gasteiger partial charge is 0.496 e. The highest BCUT2D eigenvalue weighted by Crippen LogP contribution is 2.30. The Morgan fingerprint density at radius 3 is 2.88 bits per heavy atom. The van der Waals surface area contributed by atoms with E-state index in [4.69, 9.17) is 4.74 Å². The van der Waals surface area contributed by atoms with Crippen LogP contribution in [0.5, 0.6) is 0 Å². The first-order valence-corrected chi connectivity index (χ1v) is 4.49. The van der Waals surface area contributed by atoms with Gasteiger partial charge in [-0.1, -0.05) is 0 Å². The lowest BCUT2D eigenvalue weighted by molar-refractivity contribution is 0.232. The second-order valence-corrected chi connectivity index (χ2v) is 4.44. The van der Waals surface area contributed by atoms with Crippen LogP contribution in [-0.4, -0.2) is 12.4 Å². The van der Waals surface area contributed by atoms with Crippen LogP contribution in [-0.2, 0) is 4.74 Å². The third-order valence-electron chi connectivity index (χ3n) is 0.907. The minimum atomic E-state index is 0.878. The van der Waals surface area contributed by atoms with E-state index in [0.717, 1.165) is 18.1 Å². The fourth-order valence-corrected chi connectivity index (χ4v) is 1.91. The second kappa shape index (κ2) is 2.96. The van der Waals surface area contributed by atoms with Crippen molar-refractivity contribution in [3.05, 3.63) is 8.67 Å². The molecule has 0 saturated carbocycles. The molecule has 8 heavy (non-hydrogen) atoms. The molecule has 0 amide bonds. The molecule has 0 unspecified atom stereocenters. The molecular formula is C5H7IOS. The molecule has 1 aliphatic rings. The van der Waals surface area contributed by atoms with Gasteiger partial charge in [-0.2, -0.15) is 0 Å². The number of thioether (sulfide) groups is 1. The zero-order valence-corrected chi connectivity index (χ0v) is 7.58. The van der Waals surface area contributed by atoms with Gasteiger partial charge in [0.15, 0.2) is 0 Å². The Morgan fingerprint density at radius 2 is 2.50 bits per heavy atom. The van der Waals surface area contributed by atoms with E-state index in [1.54, 1.807) is 0 Å². The summed E-state index contributed by atoms with van der Waals surface area (Å²) in [6.07, 6.45) is 0. The Labute approximate surface area is 67.0 Å². The van der Waals surface area contributed by atoms with Gasteiger partial charge in [0.25, 0.3) is 0 Å². The molecule has 0 spiro atoms. The fourth-order valence-electron chi connectivity index (χ4n) is 0.484. The number of hydrogen-bond donors (Lipinski definition) is 0. The molecule has 1 rings (SSSR count). The molecule has 3 heteroatoms. The summed E-state index contributed by atoms with van der Waals surface area (Å²) in [5.74, 6) is 2.19. The summed E-state index contributed by atoms with van der Waals surface area (Å²) in [6, 6.07) is 0. The number of hydrogen-bond acceptors (Lipinski definition) is 2. The van der Waals surface area contributed by atoms with Crippen molar-refractivity contribution in [2.24, 2.45) is 0 Å². The summed E-state index contributed by atoms with van der Waals surface area (Å²) in [5, 5.41) is 0. The molecule has 0 saturated heterocycles. The van der Waals surface area contributed by atoms with Crippen molar-refractivity contribution in [2.45, 2.75) is 6.92 Å². The van der Waals surface area contributed by atoms with E-state index in [-0.39, 0.29) is 0 Å². The van der Waals surface area contributed by atoms with E-state index >= 15 is 0 Å². The Bertz CT molecular complexity index is 108. The van der Waals surface area contributed by atoms with Gasteiger partial charge in [-0.25, -0.2) is 0 Å². The Hall–Kier alpha value is 0.620. The smallest absolute Gasteiger partial charge is 0.113 e. The van der Waals surface area contributed by atoms with Gasteiger partial charge in [-0.05, 0) is 29.5 Å². The highest BCUT2D eigenvalue weighted by atomic mass is 127. The van der Waals surface area contributed by atoms with Crippen LogP contribution in [0.25, 0.3) is 0 Å². The van der Waals surface area contributed by atoms with E-state index < -0.39 is 0 Å². The fraction of sp³-hybridized carbons (Fsp3) is 0.600. The molecule has 0 aliphatic carbocycles. The first-order chi connectivity index (χ1) is 3.80. The van der Waals surface area contributed by atoms with Crippen LogP contribution in [0, 0.1) is 0 Å². The average Bonchev–Trinajstić information content (AvgIpc) is 1.77. The van der Waals surface area contributed by atoms with Gasteiger partial charge in [0, 0.05) is 5.75 Å². The lowest BCUT2D eigenvalue weighted by Crippen LogP contribution is -2.00. The molecule has 1 nitrogen and oxygen atoms in total. The van der Waals surface area contributed by atoms with Crippen molar-refractivity contribution < 1.29 is 4.74 Å². The van der Waals surface area contributed by atoms with Crippen LogP contribution >= 0.6 is 34.4 Å². The zero-order valence-electron chi connectivity index (χ0n) is 4.61. The van der Waals surface area contributed by atoms with E-state index in [0.29, 0.717) is 0 Å². The van der Waals surface area contributed by atoms with E-state index in [2.05, 4.69) is 22.6 Å². The summed E-state index contributed by atoms with van der Waals surface area (Å²) < 4.78 is 6.54. The molecule has 1 aliphatic heterocycles. The number of ether oxygens (including phenoxy) is 1. The van der Waals surface area contributed by atoms with Gasteiger partial charge in [-0.15, -0.1) is 11.8 Å². The molecule has 46 valence electrons. The molecule has 1 heterocycles. The predicted octanol–water partition coefficient (Wildman–Crippen LogP) is 2.37. The Balaban J connectivity index is 2.60. The summed E-state index contributed by atoms with van der Waals surface area (Å²) >= 11 is 4.17. The van der Waals surface area contributed by atoms with Crippen molar-refractivity contribution in [3.63, 3.8) is 0 Å². The maximum absolute atomic E-state index is 5.24. The molecule has 0 radical (unpaired) electrons. The van der Waals surface area contributed by atoms with Crippen molar-refractivity contribution in [2.75, 3.05) is 12.4 Å². The molecule has 0 aromatic rings. The average molecular weight is 242 g/mol. The summed E-state index contributed by atoms with van der Waals surface area (Å²) in [5.41, 5.74) is 0. The van der Waals surface area contributed by atoms with Gasteiger partial charge in [-0.3, -0.25) is 0 Å². The Morgan fingerprint density at radius 1 is 1.75 bits per heavy atom. The summed E-state index contributed by atoms with van der Waals surface area (Å²) in [4.78, 5) is 0. The van der Waals surface area contributed by atoms with Crippen LogP contribution in [0.15, 0.2) is 8.67 Å². The van der Waals surface area contributed by atoms with Crippen LogP contribution in [0.2, 0.25) is 0 Å². The van der Waals surface area contributed by atoms with Crippen LogP contribution < -0.4 is 0 Å². The quantitative estimate of drug-likeness (QED) is 0.603. The van der Waals surface area contributed by atoms with Gasteiger partial charge >= 0.3 is 0 Å². The standard InChI is InChI=1S/C5H7IOS/c1-4-5(6)8-3-2-7-4/h2-3H2,1H3. The van der Waals surface area contributed by atoms with Gasteiger partial charge < -0.3 is 4.74 Å². The lowest BCUT2D eigenvalue weighted by atomic mass is 10.6. The second-order valence-electron chi connectivity index (χ2n) is 1.53. The maximum atomic E-state index is 5.24. The van der Waals surface area contributed by atoms with E-state index in [1.165, 1.54) is 2.91 Å². The molecule has 0 atom stereocenters. The van der Waals surface area contributed by atoms with Gasteiger partial charge in [0.05, 0.1) is 9.52 Å². The minimum absolute atomic E-state index is 0.878. The highest BCUT2D eigenvalue weighted by Gasteiger charge is 2.05. The molecular weight excluding hydrogens is 235 g/mol. The Kier molecular flexibility index (Phi) is 2.49. The van der Waals surface area contributed by atoms with Crippen LogP contribution in [0.3, 0.4) is 0 Å². The topological polar surface area (TPSA) is 9.23 Å². The van der Waals surface area contributed by atoms with Crippen molar-refractivity contribution >= 4 is 34.4 Å². The van der Waals surface area contributed by atoms with E-state index in [1.807, 2.05) is 18.7 Å². The van der Waals surface area contributed by atoms with Crippen molar-refractivity contribution in [1.82, 2.24) is 0 Å². The molecule has 0 N–H and O–H groups in total. The number of rotatable bonds is 0. The van der Waals surface area contributed by atoms with Crippen LogP contribution in [0.1, 0.15) is 6.92 Å². The normalized spacial score (nSPS) is 20.8. The lowest BCUT2D eigenvalue weighted by Gasteiger charge is -2.13. The van der Waals surface area contributed by atoms with Crippen molar-refractivity contribution in [3.8, 4) is 0 Å². The van der Waals surface area contributed by atoms with Gasteiger partial charge in [0.2, 0.25) is 0 Å². The van der Waals surface area contributed by atoms with E-state index in [9.17, 15) is 0 Å². The third kappa shape index (κ3) is 1.55. The zero-order chi connectivity index (χ0) is 5.98. The van der Waals surface area contributed by atoms with Crippen LogP contribution in [0.4, 0.5) is 0 Å². The molecule has 0 aromatic carbocycles. The van der Waals surface area contributed by atoms with Gasteiger partial charge in [0.1, 0.15) is 5.76 Å². The highest BCUT2D eigenvalue weighted by molar-refractivity contribution is 14.1. The summed E-state index contributed by atoms with van der Waals surface area (Å²) in [7, 11) is 0. The monoisotopic (exact) mass is 242 g/mol. The molecule has 0 aromatic heterocycles.